The molecular formula is C6H16BrNO3. The predicted octanol–water partition coefficient (Wildman–Crippen LogP) is 0.762. The molecule has 0 aromatic carbocycles. The third kappa shape index (κ3) is 8.22. The van der Waals surface area contributed by atoms with Crippen LogP contribution in [-0.4, -0.2) is 36.7 Å². The third-order valence-corrected chi connectivity index (χ3v) is 0.829. The first-order valence-electron chi connectivity index (χ1n) is 3.49. The van der Waals surface area contributed by atoms with Crippen LogP contribution in [0, 0.1) is 0 Å². The highest BCUT2D eigenvalue weighted by Crippen LogP contribution is 1.90. The van der Waals surface area contributed by atoms with Gasteiger partial charge in [0.15, 0.2) is 0 Å². The highest BCUT2D eigenvalue weighted by Gasteiger charge is 2.00. The van der Waals surface area contributed by atoms with Crippen LogP contribution in [-0.2, 0) is 9.68 Å². The van der Waals surface area contributed by atoms with Gasteiger partial charge in [-0.25, -0.2) is 0 Å². The van der Waals surface area contributed by atoms with E-state index < -0.39 is 0 Å². The average Bonchev–Trinajstić information content (AvgIpc) is 1.90. The molecule has 0 unspecified atom stereocenters. The van der Waals surface area contributed by atoms with Crippen molar-refractivity contribution in [2.24, 2.45) is 0 Å². The predicted molar refractivity (Wildman–Crippen MR) is 47.4 cm³/mol. The first-order chi connectivity index (χ1) is 4.85. The maximum atomic E-state index is 8.49. The number of hydrogen-bond donors (Lipinski definition) is 1. The van der Waals surface area contributed by atoms with E-state index in [-0.39, 0.29) is 23.6 Å². The lowest BCUT2D eigenvalue weighted by molar-refractivity contribution is -0.366. The van der Waals surface area contributed by atoms with Gasteiger partial charge in [0.1, 0.15) is 0 Å². The first kappa shape index (κ1) is 13.9. The van der Waals surface area contributed by atoms with Gasteiger partial charge in [-0.15, -0.1) is 17.0 Å². The van der Waals surface area contributed by atoms with Crippen LogP contribution < -0.4 is 0 Å². The second-order valence-corrected chi connectivity index (χ2v) is 1.62. The molecule has 0 bridgehead atoms. The molecule has 0 fully saturated rings. The van der Waals surface area contributed by atoms with Gasteiger partial charge in [0.05, 0.1) is 26.4 Å². The van der Waals surface area contributed by atoms with Crippen molar-refractivity contribution in [2.45, 2.75) is 13.8 Å². The third-order valence-electron chi connectivity index (χ3n) is 0.829. The minimum atomic E-state index is 0. The van der Waals surface area contributed by atoms with E-state index in [1.54, 1.807) is 0 Å². The SMILES string of the molecule is Br.CCON(CCO)OCC. The molecule has 0 amide bonds. The molecule has 0 radical (unpaired) electrons. The van der Waals surface area contributed by atoms with Gasteiger partial charge in [-0.1, -0.05) is 5.23 Å². The van der Waals surface area contributed by atoms with Crippen LogP contribution in [0.4, 0.5) is 0 Å². The summed E-state index contributed by atoms with van der Waals surface area (Å²) in [6, 6.07) is 0. The van der Waals surface area contributed by atoms with E-state index in [4.69, 9.17) is 14.8 Å². The average molecular weight is 230 g/mol. The molecule has 0 aromatic heterocycles. The zero-order valence-electron chi connectivity index (χ0n) is 6.95. The van der Waals surface area contributed by atoms with Crippen molar-refractivity contribution in [1.29, 1.82) is 0 Å². The highest BCUT2D eigenvalue weighted by molar-refractivity contribution is 8.93. The number of rotatable bonds is 6. The van der Waals surface area contributed by atoms with Crippen LogP contribution in [0.2, 0.25) is 0 Å². The normalized spacial score (nSPS) is 9.82. The molecule has 0 aliphatic heterocycles. The Balaban J connectivity index is 0. The molecule has 0 heterocycles. The summed E-state index contributed by atoms with van der Waals surface area (Å²) in [5.41, 5.74) is 0. The Labute approximate surface area is 77.8 Å². The lowest BCUT2D eigenvalue weighted by Gasteiger charge is -2.17. The van der Waals surface area contributed by atoms with Crippen LogP contribution in [0.1, 0.15) is 13.8 Å². The molecule has 4 nitrogen and oxygen atoms in total. The van der Waals surface area contributed by atoms with Crippen molar-refractivity contribution in [2.75, 3.05) is 26.4 Å². The van der Waals surface area contributed by atoms with Crippen molar-refractivity contribution in [3.63, 3.8) is 0 Å². The van der Waals surface area contributed by atoms with Gasteiger partial charge in [-0.3, -0.25) is 9.68 Å². The molecule has 5 heteroatoms. The molecule has 70 valence electrons. The lowest BCUT2D eigenvalue weighted by Crippen LogP contribution is -2.27. The number of aliphatic hydroxyl groups is 1. The second kappa shape index (κ2) is 10.3. The Morgan fingerprint density at radius 2 is 1.64 bits per heavy atom. The molecular weight excluding hydrogens is 214 g/mol. The van der Waals surface area contributed by atoms with Crippen molar-refractivity contribution in [3.05, 3.63) is 0 Å². The van der Waals surface area contributed by atoms with Gasteiger partial charge in [-0.2, -0.15) is 0 Å². The van der Waals surface area contributed by atoms with E-state index in [9.17, 15) is 0 Å². The summed E-state index contributed by atoms with van der Waals surface area (Å²) in [4.78, 5) is 9.95. The van der Waals surface area contributed by atoms with E-state index >= 15 is 0 Å². The summed E-state index contributed by atoms with van der Waals surface area (Å²) < 4.78 is 0. The number of hydroxylamine groups is 2. The van der Waals surface area contributed by atoms with Gasteiger partial charge < -0.3 is 5.11 Å². The Bertz CT molecular complexity index is 60.6. The van der Waals surface area contributed by atoms with E-state index in [1.165, 1.54) is 5.23 Å². The van der Waals surface area contributed by atoms with Crippen LogP contribution >= 0.6 is 17.0 Å². The zero-order valence-corrected chi connectivity index (χ0v) is 8.66. The Morgan fingerprint density at radius 3 is 1.91 bits per heavy atom. The summed E-state index contributed by atoms with van der Waals surface area (Å²) >= 11 is 0. The second-order valence-electron chi connectivity index (χ2n) is 1.62. The molecule has 0 saturated carbocycles. The minimum absolute atomic E-state index is 0. The maximum Gasteiger partial charge on any atom is 0.0748 e. The van der Waals surface area contributed by atoms with Crippen LogP contribution in [0.15, 0.2) is 0 Å². The molecule has 0 saturated heterocycles. The lowest BCUT2D eigenvalue weighted by atomic mass is 10.7. The Kier molecular flexibility index (Phi) is 13.0. The molecule has 0 aliphatic carbocycles. The zero-order chi connectivity index (χ0) is 7.82. The topological polar surface area (TPSA) is 41.9 Å². The van der Waals surface area contributed by atoms with Crippen LogP contribution in [0.5, 0.6) is 0 Å². The maximum absolute atomic E-state index is 8.49. The van der Waals surface area contributed by atoms with Crippen molar-refractivity contribution < 1.29 is 14.8 Å². The summed E-state index contributed by atoms with van der Waals surface area (Å²) in [5.74, 6) is 0. The smallest absolute Gasteiger partial charge is 0.0748 e. The largest absolute Gasteiger partial charge is 0.395 e. The Morgan fingerprint density at radius 1 is 1.18 bits per heavy atom. The fraction of sp³-hybridized carbons (Fsp3) is 1.00. The fourth-order valence-corrected chi connectivity index (χ4v) is 0.536. The van der Waals surface area contributed by atoms with Gasteiger partial charge >= 0.3 is 0 Å². The quantitative estimate of drug-likeness (QED) is 0.684. The summed E-state index contributed by atoms with van der Waals surface area (Å²) in [7, 11) is 0. The van der Waals surface area contributed by atoms with Crippen LogP contribution in [0.3, 0.4) is 0 Å². The molecule has 0 spiro atoms. The number of halogens is 1. The molecule has 0 aliphatic rings. The van der Waals surface area contributed by atoms with Gasteiger partial charge in [0.25, 0.3) is 0 Å². The van der Waals surface area contributed by atoms with Gasteiger partial charge in [-0.05, 0) is 13.8 Å². The number of hydrogen-bond acceptors (Lipinski definition) is 4. The van der Waals surface area contributed by atoms with E-state index in [0.29, 0.717) is 19.8 Å². The van der Waals surface area contributed by atoms with E-state index in [1.807, 2.05) is 13.8 Å². The van der Waals surface area contributed by atoms with Crippen molar-refractivity contribution in [1.82, 2.24) is 5.23 Å². The summed E-state index contributed by atoms with van der Waals surface area (Å²) in [6.07, 6.45) is 0. The molecule has 11 heavy (non-hydrogen) atoms. The summed E-state index contributed by atoms with van der Waals surface area (Å²) in [6.45, 7) is 5.27. The number of aliphatic hydroxyl groups excluding tert-OH is 1. The Hall–Kier alpha value is 0.320. The molecule has 0 rings (SSSR count). The number of nitrogens with zero attached hydrogens (tertiary/aromatic N) is 1. The van der Waals surface area contributed by atoms with Crippen molar-refractivity contribution >= 4 is 17.0 Å². The fourth-order valence-electron chi connectivity index (χ4n) is 0.536. The van der Waals surface area contributed by atoms with E-state index in [2.05, 4.69) is 0 Å². The van der Waals surface area contributed by atoms with Crippen molar-refractivity contribution in [3.8, 4) is 0 Å². The van der Waals surface area contributed by atoms with E-state index in [0.717, 1.165) is 0 Å². The highest BCUT2D eigenvalue weighted by atomic mass is 79.9. The summed E-state index contributed by atoms with van der Waals surface area (Å²) in [5, 5.41) is 9.78. The molecule has 0 aromatic rings. The molecule has 1 N–H and O–H groups in total. The first-order valence-corrected chi connectivity index (χ1v) is 3.49. The van der Waals surface area contributed by atoms with Gasteiger partial charge in [0.2, 0.25) is 0 Å². The minimum Gasteiger partial charge on any atom is -0.395 e. The monoisotopic (exact) mass is 229 g/mol. The molecule has 0 atom stereocenters. The van der Waals surface area contributed by atoms with Gasteiger partial charge in [0, 0.05) is 0 Å². The van der Waals surface area contributed by atoms with Crippen LogP contribution in [0.25, 0.3) is 0 Å². The standard InChI is InChI=1S/C6H15NO3.BrH/c1-3-9-7(5-6-8)10-4-2;/h8H,3-6H2,1-2H3;1H.